The van der Waals surface area contributed by atoms with Gasteiger partial charge in [-0.15, -0.1) is 0 Å². The molecule has 88 valence electrons. The molecule has 1 aromatic carbocycles. The number of hydrogen-bond donors (Lipinski definition) is 2. The summed E-state index contributed by atoms with van der Waals surface area (Å²) in [5.74, 6) is -0.275. The molecule has 0 aliphatic carbocycles. The van der Waals surface area contributed by atoms with Crippen LogP contribution in [0, 0.1) is 12.7 Å². The average Bonchev–Trinajstić information content (AvgIpc) is 2.25. The Kier molecular flexibility index (Phi) is 5.09. The van der Waals surface area contributed by atoms with Gasteiger partial charge in [-0.2, -0.15) is 12.6 Å². The van der Waals surface area contributed by atoms with E-state index in [9.17, 15) is 9.18 Å². The van der Waals surface area contributed by atoms with Crippen LogP contribution in [0.25, 0.3) is 0 Å². The van der Waals surface area contributed by atoms with E-state index >= 15 is 0 Å². The van der Waals surface area contributed by atoms with Crippen molar-refractivity contribution in [3.63, 3.8) is 0 Å². The predicted octanol–water partition coefficient (Wildman–Crippen LogP) is 2.38. The molecule has 0 saturated carbocycles. The maximum atomic E-state index is 13.3. The van der Waals surface area contributed by atoms with E-state index in [0.29, 0.717) is 29.1 Å². The van der Waals surface area contributed by atoms with E-state index in [1.54, 1.807) is 13.0 Å². The number of halogens is 2. The maximum Gasteiger partial charge on any atom is 0.229 e. The predicted molar refractivity (Wildman–Crippen MR) is 66.7 cm³/mol. The number of nitrogens with one attached hydrogen (secondary N) is 1. The quantitative estimate of drug-likeness (QED) is 0.801. The van der Waals surface area contributed by atoms with E-state index in [0.717, 1.165) is 0 Å². The van der Waals surface area contributed by atoms with Crippen LogP contribution in [0.1, 0.15) is 11.1 Å². The molecular formula is C11H13ClFNOS. The van der Waals surface area contributed by atoms with Gasteiger partial charge in [0.1, 0.15) is 5.82 Å². The van der Waals surface area contributed by atoms with Gasteiger partial charge in [0.05, 0.1) is 5.75 Å². The van der Waals surface area contributed by atoms with Crippen LogP contribution in [-0.2, 0) is 11.2 Å². The summed E-state index contributed by atoms with van der Waals surface area (Å²) in [6.07, 6.45) is 0.509. The minimum atomic E-state index is -0.278. The van der Waals surface area contributed by atoms with Gasteiger partial charge < -0.3 is 5.32 Å². The summed E-state index contributed by atoms with van der Waals surface area (Å²) in [5.41, 5.74) is 1.22. The zero-order valence-corrected chi connectivity index (χ0v) is 10.5. The van der Waals surface area contributed by atoms with Gasteiger partial charge in [-0.1, -0.05) is 11.6 Å². The zero-order valence-electron chi connectivity index (χ0n) is 8.89. The van der Waals surface area contributed by atoms with Crippen LogP contribution in [0.4, 0.5) is 4.39 Å². The van der Waals surface area contributed by atoms with Gasteiger partial charge in [0.15, 0.2) is 0 Å². The fourth-order valence-corrected chi connectivity index (χ4v) is 1.70. The van der Waals surface area contributed by atoms with Crippen LogP contribution in [-0.4, -0.2) is 18.2 Å². The van der Waals surface area contributed by atoms with Crippen molar-refractivity contribution >= 4 is 30.1 Å². The average molecular weight is 262 g/mol. The molecule has 0 bridgehead atoms. The van der Waals surface area contributed by atoms with Crippen LogP contribution in [0.3, 0.4) is 0 Å². The van der Waals surface area contributed by atoms with Crippen molar-refractivity contribution in [2.24, 2.45) is 0 Å². The Labute approximate surface area is 105 Å². The Morgan fingerprint density at radius 2 is 2.25 bits per heavy atom. The smallest absolute Gasteiger partial charge is 0.229 e. The van der Waals surface area contributed by atoms with E-state index in [1.807, 2.05) is 0 Å². The van der Waals surface area contributed by atoms with Crippen molar-refractivity contribution < 1.29 is 9.18 Å². The number of benzene rings is 1. The monoisotopic (exact) mass is 261 g/mol. The fourth-order valence-electron chi connectivity index (χ4n) is 1.27. The summed E-state index contributed by atoms with van der Waals surface area (Å²) in [6.45, 7) is 2.09. The molecule has 1 aromatic rings. The second-order valence-electron chi connectivity index (χ2n) is 3.45. The molecule has 1 rings (SSSR count). The SMILES string of the molecule is Cc1cc(Cl)c(CCNC(=O)CS)cc1F. The zero-order chi connectivity index (χ0) is 12.1. The fraction of sp³-hybridized carbons (Fsp3) is 0.364. The first kappa shape index (κ1) is 13.3. The Morgan fingerprint density at radius 1 is 1.56 bits per heavy atom. The molecule has 0 spiro atoms. The number of rotatable bonds is 4. The van der Waals surface area contributed by atoms with Crippen LogP contribution in [0.2, 0.25) is 5.02 Å². The summed E-state index contributed by atoms with van der Waals surface area (Å²) in [5, 5.41) is 3.17. The molecule has 0 fully saturated rings. The molecule has 1 amide bonds. The van der Waals surface area contributed by atoms with Gasteiger partial charge in [-0.05, 0) is 36.6 Å². The molecule has 0 atom stereocenters. The van der Waals surface area contributed by atoms with Gasteiger partial charge in [0.2, 0.25) is 5.91 Å². The number of carbonyl (C=O) groups is 1. The first-order valence-electron chi connectivity index (χ1n) is 4.86. The lowest BCUT2D eigenvalue weighted by atomic mass is 10.1. The molecule has 0 aromatic heterocycles. The van der Waals surface area contributed by atoms with Crippen LogP contribution in [0.5, 0.6) is 0 Å². The van der Waals surface area contributed by atoms with E-state index in [4.69, 9.17) is 11.6 Å². The lowest BCUT2D eigenvalue weighted by molar-refractivity contribution is -0.118. The number of hydrogen-bond acceptors (Lipinski definition) is 2. The van der Waals surface area contributed by atoms with Crippen molar-refractivity contribution in [1.29, 1.82) is 0 Å². The van der Waals surface area contributed by atoms with Crippen molar-refractivity contribution in [1.82, 2.24) is 5.32 Å². The number of amides is 1. The molecule has 16 heavy (non-hydrogen) atoms. The first-order chi connectivity index (χ1) is 7.54. The minimum absolute atomic E-state index is 0.146. The molecule has 0 aliphatic heterocycles. The van der Waals surface area contributed by atoms with Gasteiger partial charge >= 0.3 is 0 Å². The standard InChI is InChI=1S/C11H13ClFNOS/c1-7-4-9(12)8(5-10(7)13)2-3-14-11(15)6-16/h4-5,16H,2-3,6H2,1H3,(H,14,15). The maximum absolute atomic E-state index is 13.3. The second-order valence-corrected chi connectivity index (χ2v) is 4.17. The van der Waals surface area contributed by atoms with E-state index < -0.39 is 0 Å². The Bertz CT molecular complexity index is 398. The summed E-state index contributed by atoms with van der Waals surface area (Å²) in [7, 11) is 0. The van der Waals surface area contributed by atoms with Crippen molar-refractivity contribution in [3.8, 4) is 0 Å². The molecule has 0 aliphatic rings. The molecule has 0 radical (unpaired) electrons. The van der Waals surface area contributed by atoms with Crippen LogP contribution >= 0.6 is 24.2 Å². The van der Waals surface area contributed by atoms with Gasteiger partial charge in [0, 0.05) is 11.6 Å². The van der Waals surface area contributed by atoms with Gasteiger partial charge in [-0.3, -0.25) is 4.79 Å². The third kappa shape index (κ3) is 3.68. The Hall–Kier alpha value is -0.740. The van der Waals surface area contributed by atoms with Crippen LogP contribution < -0.4 is 5.32 Å². The largest absolute Gasteiger partial charge is 0.355 e. The lowest BCUT2D eigenvalue weighted by Crippen LogP contribution is -2.26. The van der Waals surface area contributed by atoms with E-state index in [1.165, 1.54) is 6.07 Å². The first-order valence-corrected chi connectivity index (χ1v) is 5.87. The molecule has 2 nitrogen and oxygen atoms in total. The van der Waals surface area contributed by atoms with Gasteiger partial charge in [-0.25, -0.2) is 4.39 Å². The summed E-state index contributed by atoms with van der Waals surface area (Å²) < 4.78 is 13.3. The third-order valence-electron chi connectivity index (χ3n) is 2.19. The van der Waals surface area contributed by atoms with Crippen molar-refractivity contribution in [2.45, 2.75) is 13.3 Å². The van der Waals surface area contributed by atoms with Crippen molar-refractivity contribution in [3.05, 3.63) is 34.1 Å². The summed E-state index contributed by atoms with van der Waals surface area (Å²) in [4.78, 5) is 10.9. The summed E-state index contributed by atoms with van der Waals surface area (Å²) in [6, 6.07) is 3.00. The number of thiol groups is 1. The molecule has 0 unspecified atom stereocenters. The topological polar surface area (TPSA) is 29.1 Å². The highest BCUT2D eigenvalue weighted by Crippen LogP contribution is 2.20. The molecule has 1 N–H and O–H groups in total. The van der Waals surface area contributed by atoms with E-state index in [2.05, 4.69) is 17.9 Å². The highest BCUT2D eigenvalue weighted by atomic mass is 35.5. The highest BCUT2D eigenvalue weighted by Gasteiger charge is 2.06. The Morgan fingerprint density at radius 3 is 2.88 bits per heavy atom. The van der Waals surface area contributed by atoms with Crippen LogP contribution in [0.15, 0.2) is 12.1 Å². The molecule has 0 heterocycles. The molecule has 5 heteroatoms. The normalized spacial score (nSPS) is 10.2. The Balaban J connectivity index is 2.60. The molecule has 0 saturated heterocycles. The van der Waals surface area contributed by atoms with Crippen molar-refractivity contribution in [2.75, 3.05) is 12.3 Å². The summed E-state index contributed by atoms with van der Waals surface area (Å²) >= 11 is 9.78. The highest BCUT2D eigenvalue weighted by molar-refractivity contribution is 7.81. The molecular weight excluding hydrogens is 249 g/mol. The third-order valence-corrected chi connectivity index (χ3v) is 2.83. The van der Waals surface area contributed by atoms with Gasteiger partial charge in [0.25, 0.3) is 0 Å². The number of carbonyl (C=O) groups excluding carboxylic acids is 1. The van der Waals surface area contributed by atoms with E-state index in [-0.39, 0.29) is 17.5 Å². The lowest BCUT2D eigenvalue weighted by Gasteiger charge is -2.07. The second kappa shape index (κ2) is 6.11. The minimum Gasteiger partial charge on any atom is -0.355 e. The number of aryl methyl sites for hydroxylation is 1.